The fourth-order valence-electron chi connectivity index (χ4n) is 3.47. The number of aliphatic hydroxyl groups is 1. The van der Waals surface area contributed by atoms with Crippen LogP contribution in [0.1, 0.15) is 37.3 Å². The lowest BCUT2D eigenvalue weighted by Gasteiger charge is -2.38. The number of rotatable bonds is 2. The first-order valence-corrected chi connectivity index (χ1v) is 6.97. The minimum Gasteiger partial charge on any atom is -0.393 e. The van der Waals surface area contributed by atoms with Crippen LogP contribution in [0, 0.1) is 0 Å². The first-order valence-electron chi connectivity index (χ1n) is 6.97. The van der Waals surface area contributed by atoms with Crippen molar-refractivity contribution in [1.29, 1.82) is 0 Å². The molecule has 1 aromatic carbocycles. The van der Waals surface area contributed by atoms with Crippen molar-refractivity contribution >= 4 is 5.91 Å². The second kappa shape index (κ2) is 4.94. The van der Waals surface area contributed by atoms with Gasteiger partial charge in [-0.3, -0.25) is 4.79 Å². The van der Waals surface area contributed by atoms with Crippen molar-refractivity contribution < 1.29 is 9.90 Å². The van der Waals surface area contributed by atoms with E-state index in [-0.39, 0.29) is 24.1 Å². The molecule has 3 rings (SSSR count). The van der Waals surface area contributed by atoms with E-state index in [1.165, 1.54) is 0 Å². The molecule has 2 unspecified atom stereocenters. The molecule has 3 atom stereocenters. The number of piperidine rings is 1. The summed E-state index contributed by atoms with van der Waals surface area (Å²) in [7, 11) is 0. The summed E-state index contributed by atoms with van der Waals surface area (Å²) in [6.45, 7) is 0. The Morgan fingerprint density at radius 3 is 2.37 bits per heavy atom. The second-order valence-electron chi connectivity index (χ2n) is 5.64. The van der Waals surface area contributed by atoms with Gasteiger partial charge in [-0.15, -0.1) is 0 Å². The second-order valence-corrected chi connectivity index (χ2v) is 5.64. The average molecular weight is 260 g/mol. The van der Waals surface area contributed by atoms with E-state index in [0.717, 1.165) is 18.4 Å². The molecule has 102 valence electrons. The third-order valence-electron chi connectivity index (χ3n) is 4.39. The molecule has 3 N–H and O–H groups in total. The summed E-state index contributed by atoms with van der Waals surface area (Å²) in [5.74, 6) is 0.00519. The maximum atomic E-state index is 12.6. The molecule has 0 aromatic heterocycles. The van der Waals surface area contributed by atoms with Crippen molar-refractivity contribution in [2.45, 2.75) is 49.9 Å². The van der Waals surface area contributed by atoms with Gasteiger partial charge in [0.2, 0.25) is 5.91 Å². The summed E-state index contributed by atoms with van der Waals surface area (Å²) in [5, 5.41) is 9.78. The third kappa shape index (κ3) is 2.26. The zero-order valence-corrected chi connectivity index (χ0v) is 10.9. The van der Waals surface area contributed by atoms with E-state index >= 15 is 0 Å². The van der Waals surface area contributed by atoms with E-state index in [0.29, 0.717) is 12.8 Å². The topological polar surface area (TPSA) is 66.6 Å². The van der Waals surface area contributed by atoms with Gasteiger partial charge in [0, 0.05) is 12.1 Å². The third-order valence-corrected chi connectivity index (χ3v) is 4.39. The number of aliphatic hydroxyl groups excluding tert-OH is 1. The largest absolute Gasteiger partial charge is 0.393 e. The highest BCUT2D eigenvalue weighted by atomic mass is 16.3. The number of benzene rings is 1. The van der Waals surface area contributed by atoms with Gasteiger partial charge < -0.3 is 15.7 Å². The van der Waals surface area contributed by atoms with Crippen molar-refractivity contribution in [1.82, 2.24) is 4.90 Å². The number of fused-ring (bicyclic) bond motifs is 2. The van der Waals surface area contributed by atoms with Gasteiger partial charge in [-0.25, -0.2) is 0 Å². The highest BCUT2D eigenvalue weighted by Crippen LogP contribution is 2.37. The van der Waals surface area contributed by atoms with Crippen molar-refractivity contribution in [3.63, 3.8) is 0 Å². The molecular formula is C15H20N2O2. The van der Waals surface area contributed by atoms with Crippen molar-refractivity contribution in [3.8, 4) is 0 Å². The first-order chi connectivity index (χ1) is 9.16. The summed E-state index contributed by atoms with van der Waals surface area (Å²) >= 11 is 0. The quantitative estimate of drug-likeness (QED) is 0.839. The minimum absolute atomic E-state index is 0.00519. The molecule has 1 aromatic rings. The van der Waals surface area contributed by atoms with Crippen molar-refractivity contribution in [2.24, 2.45) is 5.73 Å². The molecule has 2 heterocycles. The minimum atomic E-state index is -0.584. The van der Waals surface area contributed by atoms with Gasteiger partial charge >= 0.3 is 0 Å². The van der Waals surface area contributed by atoms with Crippen LogP contribution in [0.15, 0.2) is 30.3 Å². The molecule has 2 aliphatic rings. The first kappa shape index (κ1) is 12.6. The van der Waals surface area contributed by atoms with Crippen LogP contribution in [0.3, 0.4) is 0 Å². The Balaban J connectivity index is 1.78. The average Bonchev–Trinajstić information content (AvgIpc) is 2.70. The van der Waals surface area contributed by atoms with Crippen LogP contribution in [0.4, 0.5) is 0 Å². The lowest BCUT2D eigenvalue weighted by molar-refractivity contribution is -0.139. The number of carbonyl (C=O) groups excluding carboxylic acids is 1. The molecule has 0 saturated carbocycles. The Morgan fingerprint density at radius 2 is 1.79 bits per heavy atom. The van der Waals surface area contributed by atoms with E-state index in [1.54, 1.807) is 0 Å². The Morgan fingerprint density at radius 1 is 1.21 bits per heavy atom. The fraction of sp³-hybridized carbons (Fsp3) is 0.533. The molecule has 0 spiro atoms. The summed E-state index contributed by atoms with van der Waals surface area (Å²) in [5.41, 5.74) is 6.96. The molecule has 4 heteroatoms. The van der Waals surface area contributed by atoms with Gasteiger partial charge in [-0.1, -0.05) is 30.3 Å². The van der Waals surface area contributed by atoms with E-state index in [2.05, 4.69) is 0 Å². The monoisotopic (exact) mass is 260 g/mol. The number of carbonyl (C=O) groups is 1. The molecule has 4 nitrogen and oxygen atoms in total. The van der Waals surface area contributed by atoms with E-state index in [1.807, 2.05) is 35.2 Å². The number of nitrogens with zero attached hydrogens (tertiary/aromatic N) is 1. The Labute approximate surface area is 113 Å². The number of hydrogen-bond donors (Lipinski definition) is 2. The van der Waals surface area contributed by atoms with Gasteiger partial charge in [0.15, 0.2) is 0 Å². The predicted molar refractivity (Wildman–Crippen MR) is 72.3 cm³/mol. The molecule has 2 saturated heterocycles. The van der Waals surface area contributed by atoms with E-state index in [9.17, 15) is 9.90 Å². The molecular weight excluding hydrogens is 240 g/mol. The van der Waals surface area contributed by atoms with Crippen LogP contribution in [-0.2, 0) is 4.79 Å². The summed E-state index contributed by atoms with van der Waals surface area (Å²) in [4.78, 5) is 14.5. The molecule has 0 radical (unpaired) electrons. The molecule has 2 bridgehead atoms. The highest BCUT2D eigenvalue weighted by Gasteiger charge is 2.44. The Kier molecular flexibility index (Phi) is 3.29. The maximum Gasteiger partial charge on any atom is 0.244 e. The lowest BCUT2D eigenvalue weighted by Crippen LogP contribution is -2.50. The van der Waals surface area contributed by atoms with Crippen LogP contribution in [-0.4, -0.2) is 34.1 Å². The van der Waals surface area contributed by atoms with Crippen LogP contribution < -0.4 is 5.73 Å². The zero-order chi connectivity index (χ0) is 13.4. The van der Waals surface area contributed by atoms with Crippen LogP contribution in [0.2, 0.25) is 0 Å². The van der Waals surface area contributed by atoms with E-state index in [4.69, 9.17) is 5.73 Å². The summed E-state index contributed by atoms with van der Waals surface area (Å²) in [6.07, 6.45) is 3.13. The molecule has 1 amide bonds. The molecule has 2 fully saturated rings. The smallest absolute Gasteiger partial charge is 0.244 e. The predicted octanol–water partition coefficient (Wildman–Crippen LogP) is 1.20. The van der Waals surface area contributed by atoms with Gasteiger partial charge in [0.05, 0.1) is 6.10 Å². The maximum absolute atomic E-state index is 12.6. The number of nitrogens with two attached hydrogens (primary N) is 1. The zero-order valence-electron chi connectivity index (χ0n) is 10.9. The highest BCUT2D eigenvalue weighted by molar-refractivity contribution is 5.84. The summed E-state index contributed by atoms with van der Waals surface area (Å²) < 4.78 is 0. The van der Waals surface area contributed by atoms with Gasteiger partial charge in [-0.2, -0.15) is 0 Å². The van der Waals surface area contributed by atoms with Gasteiger partial charge in [-0.05, 0) is 31.2 Å². The molecule has 19 heavy (non-hydrogen) atoms. The van der Waals surface area contributed by atoms with Gasteiger partial charge in [0.25, 0.3) is 0 Å². The Bertz CT molecular complexity index is 448. The van der Waals surface area contributed by atoms with Crippen molar-refractivity contribution in [2.75, 3.05) is 0 Å². The van der Waals surface area contributed by atoms with Crippen LogP contribution >= 0.6 is 0 Å². The molecule has 0 aliphatic carbocycles. The number of amides is 1. The van der Waals surface area contributed by atoms with Gasteiger partial charge in [0.1, 0.15) is 6.04 Å². The lowest BCUT2D eigenvalue weighted by atomic mass is 9.97. The standard InChI is InChI=1S/C15H20N2O2/c16-14(10-4-2-1-3-5-10)15(19)17-11-6-7-12(17)9-13(18)8-11/h1-5,11-14,18H,6-9,16H2/t11?,12?,13?,14-/m1/s1. The Hall–Kier alpha value is -1.39. The molecule has 2 aliphatic heterocycles. The summed E-state index contributed by atoms with van der Waals surface area (Å²) in [6, 6.07) is 9.27. The van der Waals surface area contributed by atoms with Crippen molar-refractivity contribution in [3.05, 3.63) is 35.9 Å². The van der Waals surface area contributed by atoms with E-state index < -0.39 is 6.04 Å². The van der Waals surface area contributed by atoms with Crippen LogP contribution in [0.25, 0.3) is 0 Å². The normalized spacial score (nSPS) is 31.3. The fourth-order valence-corrected chi connectivity index (χ4v) is 3.47. The van der Waals surface area contributed by atoms with Crippen LogP contribution in [0.5, 0.6) is 0 Å². The SMILES string of the molecule is N[C@@H](C(=O)N1C2CCC1CC(O)C2)c1ccccc1. The number of hydrogen-bond acceptors (Lipinski definition) is 3.